The van der Waals surface area contributed by atoms with Crippen LogP contribution in [0, 0.1) is 11.5 Å². The molecule has 2 aliphatic heterocycles. The molecule has 2 atom stereocenters. The highest BCUT2D eigenvalue weighted by molar-refractivity contribution is 5.05. The van der Waals surface area contributed by atoms with Crippen LogP contribution in [-0.4, -0.2) is 42.0 Å². The first-order chi connectivity index (χ1) is 4.83. The summed E-state index contributed by atoms with van der Waals surface area (Å²) in [6.45, 7) is 2.05. The molecule has 2 saturated heterocycles. The Morgan fingerprint density at radius 2 is 2.30 bits per heavy atom. The Labute approximate surface area is 60.8 Å². The number of likely N-dealkylation sites (N-methyl/N-ethyl adjacent to an activating group) is 1. The lowest BCUT2D eigenvalue weighted by atomic mass is 9.99. The van der Waals surface area contributed by atoms with E-state index in [9.17, 15) is 0 Å². The second-order valence-corrected chi connectivity index (χ2v) is 3.16. The van der Waals surface area contributed by atoms with E-state index >= 15 is 0 Å². The Morgan fingerprint density at radius 3 is 2.80 bits per heavy atom. The van der Waals surface area contributed by atoms with Crippen LogP contribution in [0.2, 0.25) is 0 Å². The van der Waals surface area contributed by atoms with Gasteiger partial charge in [-0.25, -0.2) is 0 Å². The fraction of sp³-hybridized carbons (Fsp3) is 0.857. The Morgan fingerprint density at radius 1 is 1.50 bits per heavy atom. The summed E-state index contributed by atoms with van der Waals surface area (Å²) >= 11 is 0. The van der Waals surface area contributed by atoms with E-state index in [0.29, 0.717) is 12.1 Å². The van der Waals surface area contributed by atoms with E-state index in [1.165, 1.54) is 6.42 Å². The smallest absolute Gasteiger partial charge is 0.179 e. The highest BCUT2D eigenvalue weighted by Crippen LogP contribution is 2.29. The number of likely N-dealkylation sites (tertiary alicyclic amines) is 2. The maximum absolute atomic E-state index is 8.63. The molecular weight excluding hydrogens is 126 g/mol. The molecule has 2 fully saturated rings. The van der Waals surface area contributed by atoms with Crippen LogP contribution in [0.3, 0.4) is 0 Å². The predicted octanol–water partition coefficient (Wildman–Crippen LogP) is -0.144. The minimum Gasteiger partial charge on any atom is -0.305 e. The summed E-state index contributed by atoms with van der Waals surface area (Å²) in [7, 11) is 2.13. The lowest BCUT2D eigenvalue weighted by Gasteiger charge is -2.42. The Balaban J connectivity index is 2.05. The average molecular weight is 137 g/mol. The van der Waals surface area contributed by atoms with E-state index in [4.69, 9.17) is 5.26 Å². The summed E-state index contributed by atoms with van der Waals surface area (Å²) in [5.41, 5.74) is 0. The largest absolute Gasteiger partial charge is 0.305 e. The monoisotopic (exact) mass is 137 g/mol. The molecule has 0 saturated carbocycles. The van der Waals surface area contributed by atoms with Crippen molar-refractivity contribution in [3.8, 4) is 6.19 Å². The summed E-state index contributed by atoms with van der Waals surface area (Å²) in [5, 5.41) is 8.63. The number of hydrogen-bond donors (Lipinski definition) is 0. The normalized spacial score (nSPS) is 38.6. The van der Waals surface area contributed by atoms with Crippen molar-refractivity contribution in [1.29, 1.82) is 5.26 Å². The van der Waals surface area contributed by atoms with Crippen molar-refractivity contribution >= 4 is 0 Å². The van der Waals surface area contributed by atoms with Gasteiger partial charge in [0.2, 0.25) is 0 Å². The van der Waals surface area contributed by atoms with Crippen LogP contribution in [0.4, 0.5) is 0 Å². The predicted molar refractivity (Wildman–Crippen MR) is 37.1 cm³/mol. The van der Waals surface area contributed by atoms with Gasteiger partial charge in [-0.3, -0.25) is 4.90 Å². The molecule has 0 aromatic rings. The van der Waals surface area contributed by atoms with Gasteiger partial charge in [0.1, 0.15) is 0 Å². The summed E-state index contributed by atoms with van der Waals surface area (Å²) < 4.78 is 0. The zero-order valence-corrected chi connectivity index (χ0v) is 6.12. The van der Waals surface area contributed by atoms with Gasteiger partial charge in [-0.05, 0) is 13.5 Å². The molecular formula is C7H11N3. The van der Waals surface area contributed by atoms with Crippen LogP contribution < -0.4 is 0 Å². The van der Waals surface area contributed by atoms with Crippen LogP contribution in [-0.2, 0) is 0 Å². The third-order valence-corrected chi connectivity index (χ3v) is 2.68. The molecule has 0 N–H and O–H groups in total. The molecule has 2 heterocycles. The highest BCUT2D eigenvalue weighted by Gasteiger charge is 2.44. The molecule has 2 aliphatic rings. The van der Waals surface area contributed by atoms with Crippen molar-refractivity contribution in [1.82, 2.24) is 9.80 Å². The number of hydrogen-bond acceptors (Lipinski definition) is 3. The van der Waals surface area contributed by atoms with E-state index < -0.39 is 0 Å². The van der Waals surface area contributed by atoms with Crippen LogP contribution in [0.15, 0.2) is 0 Å². The Kier molecular flexibility index (Phi) is 1.12. The van der Waals surface area contributed by atoms with Gasteiger partial charge in [-0.2, -0.15) is 5.26 Å². The van der Waals surface area contributed by atoms with Gasteiger partial charge in [-0.1, -0.05) is 0 Å². The van der Waals surface area contributed by atoms with Crippen molar-refractivity contribution in [2.75, 3.05) is 20.1 Å². The van der Waals surface area contributed by atoms with Gasteiger partial charge in [0.05, 0.1) is 6.04 Å². The van der Waals surface area contributed by atoms with Gasteiger partial charge < -0.3 is 4.90 Å². The first-order valence-electron chi connectivity index (χ1n) is 3.69. The second-order valence-electron chi connectivity index (χ2n) is 3.16. The van der Waals surface area contributed by atoms with Crippen LogP contribution in [0.1, 0.15) is 6.42 Å². The fourth-order valence-corrected chi connectivity index (χ4v) is 1.99. The minimum absolute atomic E-state index is 0.551. The molecule has 0 aromatic heterocycles. The summed E-state index contributed by atoms with van der Waals surface area (Å²) in [4.78, 5) is 4.23. The van der Waals surface area contributed by atoms with Crippen molar-refractivity contribution in [3.05, 3.63) is 0 Å². The third-order valence-electron chi connectivity index (χ3n) is 2.68. The molecule has 0 spiro atoms. The highest BCUT2D eigenvalue weighted by atomic mass is 15.4. The van der Waals surface area contributed by atoms with E-state index in [-0.39, 0.29) is 0 Å². The van der Waals surface area contributed by atoms with E-state index in [0.717, 1.165) is 13.1 Å². The number of nitriles is 1. The van der Waals surface area contributed by atoms with Crippen LogP contribution in [0.5, 0.6) is 0 Å². The maximum atomic E-state index is 8.63. The average Bonchev–Trinajstić information content (AvgIpc) is 2.25. The summed E-state index contributed by atoms with van der Waals surface area (Å²) in [6, 6.07) is 1.23. The van der Waals surface area contributed by atoms with Crippen molar-refractivity contribution < 1.29 is 0 Å². The van der Waals surface area contributed by atoms with E-state index in [2.05, 4.69) is 18.1 Å². The Hall–Kier alpha value is -0.750. The SMILES string of the molecule is CN1C[C@@H]2[C@H]1CCN2C#N. The standard InChI is InChI=1S/C7H11N3/c1-9-4-7-6(9)2-3-10(7)5-8/h6-7H,2-4H2,1H3/t6-,7-/m1/s1. The summed E-state index contributed by atoms with van der Waals surface area (Å²) in [5.74, 6) is 0. The summed E-state index contributed by atoms with van der Waals surface area (Å²) in [6.07, 6.45) is 3.40. The third kappa shape index (κ3) is 0.572. The molecule has 2 rings (SSSR count). The van der Waals surface area contributed by atoms with Gasteiger partial charge in [-0.15, -0.1) is 0 Å². The van der Waals surface area contributed by atoms with Crippen molar-refractivity contribution in [2.24, 2.45) is 0 Å². The van der Waals surface area contributed by atoms with Gasteiger partial charge in [0.25, 0.3) is 0 Å². The molecule has 10 heavy (non-hydrogen) atoms. The van der Waals surface area contributed by atoms with Crippen LogP contribution >= 0.6 is 0 Å². The zero-order valence-electron chi connectivity index (χ0n) is 6.12. The molecule has 3 heteroatoms. The Bertz CT molecular complexity index is 184. The first kappa shape index (κ1) is 5.99. The molecule has 54 valence electrons. The maximum Gasteiger partial charge on any atom is 0.179 e. The number of nitrogens with zero attached hydrogens (tertiary/aromatic N) is 3. The molecule has 0 radical (unpaired) electrons. The zero-order chi connectivity index (χ0) is 7.14. The number of rotatable bonds is 0. The van der Waals surface area contributed by atoms with E-state index in [1.54, 1.807) is 0 Å². The number of fused-ring (bicyclic) bond motifs is 1. The molecule has 0 aliphatic carbocycles. The van der Waals surface area contributed by atoms with Gasteiger partial charge in [0.15, 0.2) is 6.19 Å². The molecule has 0 amide bonds. The van der Waals surface area contributed by atoms with Crippen molar-refractivity contribution in [2.45, 2.75) is 18.5 Å². The van der Waals surface area contributed by atoms with Gasteiger partial charge in [0, 0.05) is 19.1 Å². The quantitative estimate of drug-likeness (QED) is 0.435. The van der Waals surface area contributed by atoms with E-state index in [1.807, 2.05) is 4.90 Å². The molecule has 3 nitrogen and oxygen atoms in total. The molecule has 0 bridgehead atoms. The molecule has 0 unspecified atom stereocenters. The second kappa shape index (κ2) is 1.86. The van der Waals surface area contributed by atoms with Crippen molar-refractivity contribution in [3.63, 3.8) is 0 Å². The lowest BCUT2D eigenvalue weighted by molar-refractivity contribution is 0.0686. The van der Waals surface area contributed by atoms with Gasteiger partial charge >= 0.3 is 0 Å². The topological polar surface area (TPSA) is 30.3 Å². The fourth-order valence-electron chi connectivity index (χ4n) is 1.99. The molecule has 0 aromatic carbocycles. The lowest BCUT2D eigenvalue weighted by Crippen LogP contribution is -2.58. The first-order valence-corrected chi connectivity index (χ1v) is 3.69. The van der Waals surface area contributed by atoms with Crippen LogP contribution in [0.25, 0.3) is 0 Å². The minimum atomic E-state index is 0.551.